The molecule has 4 nitrogen and oxygen atoms in total. The van der Waals surface area contributed by atoms with Crippen LogP contribution in [0.4, 0.5) is 0 Å². The van der Waals surface area contributed by atoms with Gasteiger partial charge in [0.15, 0.2) is 0 Å². The van der Waals surface area contributed by atoms with Gasteiger partial charge in [-0.2, -0.15) is 0 Å². The molecule has 17 heavy (non-hydrogen) atoms. The average Bonchev–Trinajstić information content (AvgIpc) is 2.24. The highest BCUT2D eigenvalue weighted by atomic mass is 32.1. The lowest BCUT2D eigenvalue weighted by molar-refractivity contribution is -0.130. The van der Waals surface area contributed by atoms with Crippen LogP contribution in [0.15, 0.2) is 0 Å². The third-order valence-electron chi connectivity index (χ3n) is 2.77. The van der Waals surface area contributed by atoms with Crippen molar-refractivity contribution in [2.45, 2.75) is 39.2 Å². The molecule has 0 saturated carbocycles. The normalized spacial score (nSPS) is 12.5. The van der Waals surface area contributed by atoms with Crippen molar-refractivity contribution in [1.29, 1.82) is 0 Å². The highest BCUT2D eigenvalue weighted by Gasteiger charge is 2.20. The lowest BCUT2D eigenvalue weighted by Gasteiger charge is -2.30. The third-order valence-corrected chi connectivity index (χ3v) is 2.94. The molecule has 0 rings (SSSR count). The van der Waals surface area contributed by atoms with Gasteiger partial charge < -0.3 is 10.6 Å². The number of hydrogen-bond donors (Lipinski definition) is 1. The smallest absolute Gasteiger partial charge is 0.236 e. The fourth-order valence-electron chi connectivity index (χ4n) is 1.76. The maximum atomic E-state index is 11.8. The van der Waals surface area contributed by atoms with Gasteiger partial charge in [-0.1, -0.05) is 26.1 Å². The molecular formula is C12H25N3OS. The monoisotopic (exact) mass is 259 g/mol. The number of nitrogens with zero attached hydrogens (tertiary/aromatic N) is 2. The van der Waals surface area contributed by atoms with Gasteiger partial charge in [0.25, 0.3) is 0 Å². The van der Waals surface area contributed by atoms with Gasteiger partial charge in [-0.15, -0.1) is 0 Å². The van der Waals surface area contributed by atoms with Crippen LogP contribution in [0.2, 0.25) is 0 Å². The summed E-state index contributed by atoms with van der Waals surface area (Å²) < 4.78 is 0. The van der Waals surface area contributed by atoms with Crippen molar-refractivity contribution in [3.05, 3.63) is 0 Å². The standard InChI is InChI=1S/C12H25N3OS/c1-5-7-15(9-12(16)14(3)4)10(6-2)8-11(13)17/h10H,5-9H2,1-4H3,(H2,13,17). The van der Waals surface area contributed by atoms with Gasteiger partial charge in [0.2, 0.25) is 5.91 Å². The predicted octanol–water partition coefficient (Wildman–Crippen LogP) is 1.24. The van der Waals surface area contributed by atoms with Crippen LogP contribution in [0, 0.1) is 0 Å². The van der Waals surface area contributed by atoms with Crippen LogP contribution in [0.1, 0.15) is 33.1 Å². The third kappa shape index (κ3) is 6.58. The SMILES string of the molecule is CCCN(CC(=O)N(C)C)C(CC)CC(N)=S. The Kier molecular flexibility index (Phi) is 8.08. The number of rotatable bonds is 8. The van der Waals surface area contributed by atoms with E-state index < -0.39 is 0 Å². The minimum atomic E-state index is 0.125. The summed E-state index contributed by atoms with van der Waals surface area (Å²) in [5.41, 5.74) is 5.60. The van der Waals surface area contributed by atoms with E-state index in [-0.39, 0.29) is 11.9 Å². The van der Waals surface area contributed by atoms with Crippen LogP contribution in [-0.4, -0.2) is 53.9 Å². The minimum absolute atomic E-state index is 0.125. The zero-order chi connectivity index (χ0) is 13.4. The van der Waals surface area contributed by atoms with E-state index in [2.05, 4.69) is 18.7 Å². The zero-order valence-electron chi connectivity index (χ0n) is 11.4. The number of carbonyl (C=O) groups excluding carboxylic acids is 1. The summed E-state index contributed by atoms with van der Waals surface area (Å²) in [5.74, 6) is 0.125. The number of nitrogens with two attached hydrogens (primary N) is 1. The Hall–Kier alpha value is -0.680. The first-order chi connectivity index (χ1) is 7.92. The van der Waals surface area contributed by atoms with Gasteiger partial charge in [-0.3, -0.25) is 9.69 Å². The van der Waals surface area contributed by atoms with E-state index in [1.54, 1.807) is 19.0 Å². The Morgan fingerprint density at radius 3 is 2.29 bits per heavy atom. The Labute approximate surface area is 110 Å². The molecule has 0 aromatic rings. The van der Waals surface area contributed by atoms with Crippen molar-refractivity contribution >= 4 is 23.1 Å². The molecule has 0 radical (unpaired) electrons. The Balaban J connectivity index is 4.56. The Morgan fingerprint density at radius 1 is 1.35 bits per heavy atom. The molecular weight excluding hydrogens is 234 g/mol. The van der Waals surface area contributed by atoms with Gasteiger partial charge in [-0.05, 0) is 19.4 Å². The highest BCUT2D eigenvalue weighted by Crippen LogP contribution is 2.10. The fourth-order valence-corrected chi connectivity index (χ4v) is 1.95. The molecule has 0 aliphatic heterocycles. The number of amides is 1. The van der Waals surface area contributed by atoms with Crippen molar-refractivity contribution in [3.8, 4) is 0 Å². The van der Waals surface area contributed by atoms with Crippen LogP contribution in [-0.2, 0) is 4.79 Å². The quantitative estimate of drug-likeness (QED) is 0.666. The molecule has 100 valence electrons. The summed E-state index contributed by atoms with van der Waals surface area (Å²) in [6.45, 7) is 5.56. The number of carbonyl (C=O) groups is 1. The largest absolute Gasteiger partial charge is 0.393 e. The van der Waals surface area contributed by atoms with Crippen molar-refractivity contribution in [1.82, 2.24) is 9.80 Å². The molecule has 0 saturated heterocycles. The van der Waals surface area contributed by atoms with Gasteiger partial charge in [0.05, 0.1) is 11.5 Å². The molecule has 0 spiro atoms. The van der Waals surface area contributed by atoms with Crippen molar-refractivity contribution in [3.63, 3.8) is 0 Å². The molecule has 0 bridgehead atoms. The predicted molar refractivity (Wildman–Crippen MR) is 76.0 cm³/mol. The second-order valence-electron chi connectivity index (χ2n) is 4.49. The molecule has 0 aromatic heterocycles. The maximum Gasteiger partial charge on any atom is 0.236 e. The second-order valence-corrected chi connectivity index (χ2v) is 5.02. The highest BCUT2D eigenvalue weighted by molar-refractivity contribution is 7.80. The van der Waals surface area contributed by atoms with E-state index >= 15 is 0 Å². The maximum absolute atomic E-state index is 11.8. The Morgan fingerprint density at radius 2 is 1.94 bits per heavy atom. The molecule has 0 aliphatic carbocycles. The van der Waals surface area contributed by atoms with Gasteiger partial charge >= 0.3 is 0 Å². The minimum Gasteiger partial charge on any atom is -0.393 e. The summed E-state index contributed by atoms with van der Waals surface area (Å²) in [4.78, 5) is 16.1. The van der Waals surface area contributed by atoms with Crippen LogP contribution in [0.25, 0.3) is 0 Å². The molecule has 1 atom stereocenters. The van der Waals surface area contributed by atoms with E-state index in [0.29, 0.717) is 18.0 Å². The van der Waals surface area contributed by atoms with E-state index in [1.165, 1.54) is 0 Å². The molecule has 5 heteroatoms. The zero-order valence-corrected chi connectivity index (χ0v) is 12.2. The van der Waals surface area contributed by atoms with Crippen LogP contribution < -0.4 is 5.73 Å². The summed E-state index contributed by atoms with van der Waals surface area (Å²) >= 11 is 4.96. The molecule has 0 aromatic carbocycles. The molecule has 0 aliphatic rings. The van der Waals surface area contributed by atoms with E-state index in [9.17, 15) is 4.79 Å². The number of hydrogen-bond acceptors (Lipinski definition) is 3. The van der Waals surface area contributed by atoms with E-state index in [1.807, 2.05) is 0 Å². The van der Waals surface area contributed by atoms with Crippen LogP contribution in [0.3, 0.4) is 0 Å². The lowest BCUT2D eigenvalue weighted by Crippen LogP contribution is -2.44. The first-order valence-electron chi connectivity index (χ1n) is 6.14. The summed E-state index contributed by atoms with van der Waals surface area (Å²) in [7, 11) is 3.56. The van der Waals surface area contributed by atoms with Crippen molar-refractivity contribution in [2.24, 2.45) is 5.73 Å². The summed E-state index contributed by atoms with van der Waals surface area (Å²) in [5, 5.41) is 0. The summed E-state index contributed by atoms with van der Waals surface area (Å²) in [6, 6.07) is 0.274. The topological polar surface area (TPSA) is 49.6 Å². The molecule has 0 fully saturated rings. The molecule has 1 unspecified atom stereocenters. The average molecular weight is 259 g/mol. The van der Waals surface area contributed by atoms with E-state index in [4.69, 9.17) is 18.0 Å². The van der Waals surface area contributed by atoms with Crippen LogP contribution in [0.5, 0.6) is 0 Å². The first kappa shape index (κ1) is 16.3. The van der Waals surface area contributed by atoms with Crippen molar-refractivity contribution in [2.75, 3.05) is 27.2 Å². The number of thiocarbonyl (C=S) groups is 1. The lowest BCUT2D eigenvalue weighted by atomic mass is 10.1. The second kappa shape index (κ2) is 8.42. The van der Waals surface area contributed by atoms with E-state index in [0.717, 1.165) is 19.4 Å². The number of likely N-dealkylation sites (N-methyl/N-ethyl adjacent to an activating group) is 1. The fraction of sp³-hybridized carbons (Fsp3) is 0.833. The summed E-state index contributed by atoms with van der Waals surface area (Å²) in [6.07, 6.45) is 2.67. The molecule has 2 N–H and O–H groups in total. The molecule has 0 heterocycles. The van der Waals surface area contributed by atoms with Gasteiger partial charge in [0.1, 0.15) is 0 Å². The van der Waals surface area contributed by atoms with Crippen LogP contribution >= 0.6 is 12.2 Å². The Bertz CT molecular complexity index is 256. The molecule has 1 amide bonds. The van der Waals surface area contributed by atoms with Gasteiger partial charge in [-0.25, -0.2) is 0 Å². The van der Waals surface area contributed by atoms with Crippen molar-refractivity contribution < 1.29 is 4.79 Å². The van der Waals surface area contributed by atoms with Gasteiger partial charge in [0, 0.05) is 26.6 Å². The first-order valence-corrected chi connectivity index (χ1v) is 6.55.